The Balaban J connectivity index is 3.27. The molecule has 0 aliphatic carbocycles. The summed E-state index contributed by atoms with van der Waals surface area (Å²) in [6, 6.07) is 0. The van der Waals surface area contributed by atoms with Crippen molar-refractivity contribution in [1.29, 1.82) is 0 Å². The van der Waals surface area contributed by atoms with E-state index in [4.69, 9.17) is 0 Å². The molecule has 9 heavy (non-hydrogen) atoms. The van der Waals surface area contributed by atoms with E-state index in [9.17, 15) is 4.79 Å². The Morgan fingerprint density at radius 1 is 1.78 bits per heavy atom. The molecule has 0 saturated heterocycles. The first-order valence-electron chi connectivity index (χ1n) is 3.14. The third kappa shape index (κ3) is 5.69. The molecule has 1 amide bonds. The smallest absolute Gasteiger partial charge is 0.220 e. The van der Waals surface area contributed by atoms with Gasteiger partial charge >= 0.3 is 0 Å². The molecule has 0 saturated carbocycles. The first kappa shape index (κ1) is 8.82. The van der Waals surface area contributed by atoms with Gasteiger partial charge in [0.15, 0.2) is 0 Å². The molecule has 0 aromatic heterocycles. The molecule has 2 nitrogen and oxygen atoms in total. The van der Waals surface area contributed by atoms with Crippen molar-refractivity contribution in [3.63, 3.8) is 0 Å². The van der Waals surface area contributed by atoms with Crippen molar-refractivity contribution < 1.29 is 4.79 Å². The molecule has 0 fully saturated rings. The highest BCUT2D eigenvalue weighted by Crippen LogP contribution is 1.90. The van der Waals surface area contributed by atoms with Crippen LogP contribution >= 0.6 is 12.6 Å². The van der Waals surface area contributed by atoms with Crippen LogP contribution in [0.4, 0.5) is 0 Å². The third-order valence-corrected chi connectivity index (χ3v) is 0.976. The van der Waals surface area contributed by atoms with E-state index in [1.165, 1.54) is 0 Å². The molecule has 54 valence electrons. The van der Waals surface area contributed by atoms with E-state index in [0.29, 0.717) is 6.42 Å². The monoisotopic (exact) mass is 147 g/mol. The molecule has 3 heteroatoms. The number of hydrogen-bond acceptors (Lipinski definition) is 2. The zero-order valence-corrected chi connectivity index (χ0v) is 6.74. The van der Waals surface area contributed by atoms with Crippen molar-refractivity contribution in [3.8, 4) is 0 Å². The van der Waals surface area contributed by atoms with Crippen molar-refractivity contribution in [3.05, 3.63) is 0 Å². The minimum Gasteiger partial charge on any atom is -0.345 e. The average Bonchev–Trinajstić information content (AvgIpc) is 1.63. The SMILES string of the molecule is CCCC(=O)NC(C)S. The fraction of sp³-hybridized carbons (Fsp3) is 0.833. The second-order valence-corrected chi connectivity index (χ2v) is 2.77. The summed E-state index contributed by atoms with van der Waals surface area (Å²) in [7, 11) is 0. The third-order valence-electron chi connectivity index (χ3n) is 0.847. The Hall–Kier alpha value is -0.180. The molecular formula is C6H13NOS. The van der Waals surface area contributed by atoms with Crippen LogP contribution in [0.3, 0.4) is 0 Å². The number of nitrogens with one attached hydrogen (secondary N) is 1. The summed E-state index contributed by atoms with van der Waals surface area (Å²) in [4.78, 5) is 10.7. The van der Waals surface area contributed by atoms with E-state index < -0.39 is 0 Å². The van der Waals surface area contributed by atoms with Crippen molar-refractivity contribution >= 4 is 18.5 Å². The van der Waals surface area contributed by atoms with Gasteiger partial charge in [-0.1, -0.05) is 6.92 Å². The van der Waals surface area contributed by atoms with E-state index in [1.54, 1.807) is 0 Å². The second-order valence-electron chi connectivity index (χ2n) is 1.99. The predicted molar refractivity (Wildman–Crippen MR) is 41.5 cm³/mol. The topological polar surface area (TPSA) is 29.1 Å². The summed E-state index contributed by atoms with van der Waals surface area (Å²) in [6.07, 6.45) is 1.50. The van der Waals surface area contributed by atoms with E-state index in [0.717, 1.165) is 6.42 Å². The van der Waals surface area contributed by atoms with E-state index >= 15 is 0 Å². The number of carbonyl (C=O) groups excluding carboxylic acids is 1. The summed E-state index contributed by atoms with van der Waals surface area (Å²) in [5.41, 5.74) is 0. The average molecular weight is 147 g/mol. The Kier molecular flexibility index (Phi) is 4.58. The normalized spacial score (nSPS) is 12.8. The molecule has 1 N–H and O–H groups in total. The minimum absolute atomic E-state index is 0.0240. The molecule has 0 radical (unpaired) electrons. The van der Waals surface area contributed by atoms with Gasteiger partial charge in [-0.15, -0.1) is 0 Å². The van der Waals surface area contributed by atoms with Crippen molar-refractivity contribution in [2.24, 2.45) is 0 Å². The Labute approximate surface area is 61.4 Å². The summed E-state index contributed by atoms with van der Waals surface area (Å²) in [5, 5.41) is 2.64. The van der Waals surface area contributed by atoms with Crippen LogP contribution in [0, 0.1) is 0 Å². The van der Waals surface area contributed by atoms with E-state index in [2.05, 4.69) is 17.9 Å². The number of carbonyl (C=O) groups is 1. The first-order chi connectivity index (χ1) is 4.16. The molecule has 1 unspecified atom stereocenters. The molecule has 0 aromatic carbocycles. The zero-order valence-electron chi connectivity index (χ0n) is 5.85. The van der Waals surface area contributed by atoms with Crippen molar-refractivity contribution in [2.75, 3.05) is 0 Å². The Morgan fingerprint density at radius 2 is 2.33 bits per heavy atom. The summed E-state index contributed by atoms with van der Waals surface area (Å²) in [5.74, 6) is 0.0833. The van der Waals surface area contributed by atoms with Gasteiger partial charge < -0.3 is 5.32 Å². The van der Waals surface area contributed by atoms with Crippen LogP contribution in [0.1, 0.15) is 26.7 Å². The van der Waals surface area contributed by atoms with E-state index in [-0.39, 0.29) is 11.3 Å². The molecule has 0 heterocycles. The highest BCUT2D eigenvalue weighted by molar-refractivity contribution is 7.80. The van der Waals surface area contributed by atoms with Gasteiger partial charge in [0.25, 0.3) is 0 Å². The zero-order chi connectivity index (χ0) is 7.28. The lowest BCUT2D eigenvalue weighted by Gasteiger charge is -2.05. The van der Waals surface area contributed by atoms with Crippen LogP contribution in [-0.4, -0.2) is 11.3 Å². The molecule has 0 aromatic rings. The second kappa shape index (κ2) is 4.68. The van der Waals surface area contributed by atoms with Gasteiger partial charge in [0, 0.05) is 6.42 Å². The van der Waals surface area contributed by atoms with Crippen LogP contribution in [0.5, 0.6) is 0 Å². The van der Waals surface area contributed by atoms with Crippen molar-refractivity contribution in [2.45, 2.75) is 32.1 Å². The van der Waals surface area contributed by atoms with Gasteiger partial charge in [0.2, 0.25) is 5.91 Å². The molecule has 1 atom stereocenters. The van der Waals surface area contributed by atoms with Crippen LogP contribution in [0.2, 0.25) is 0 Å². The van der Waals surface area contributed by atoms with E-state index in [1.807, 2.05) is 13.8 Å². The lowest BCUT2D eigenvalue weighted by molar-refractivity contribution is -0.121. The molecule has 0 rings (SSSR count). The molecular weight excluding hydrogens is 134 g/mol. The number of thiol groups is 1. The highest BCUT2D eigenvalue weighted by atomic mass is 32.1. The van der Waals surface area contributed by atoms with Crippen LogP contribution in [0.15, 0.2) is 0 Å². The molecule has 0 aliphatic rings. The van der Waals surface area contributed by atoms with Gasteiger partial charge in [0.1, 0.15) is 0 Å². The maximum Gasteiger partial charge on any atom is 0.220 e. The van der Waals surface area contributed by atoms with Crippen LogP contribution in [-0.2, 0) is 4.79 Å². The standard InChI is InChI=1S/C6H13NOS/c1-3-4-6(8)7-5(2)9/h5,9H,3-4H2,1-2H3,(H,7,8). The number of amides is 1. The highest BCUT2D eigenvalue weighted by Gasteiger charge is 1.99. The summed E-state index contributed by atoms with van der Waals surface area (Å²) >= 11 is 4.00. The van der Waals surface area contributed by atoms with Gasteiger partial charge in [-0.2, -0.15) is 12.6 Å². The fourth-order valence-corrected chi connectivity index (χ4v) is 0.676. The lowest BCUT2D eigenvalue weighted by Crippen LogP contribution is -2.27. The summed E-state index contributed by atoms with van der Waals surface area (Å²) in [6.45, 7) is 3.80. The van der Waals surface area contributed by atoms with Gasteiger partial charge in [-0.05, 0) is 13.3 Å². The molecule has 0 bridgehead atoms. The van der Waals surface area contributed by atoms with Gasteiger partial charge in [-0.3, -0.25) is 4.79 Å². The number of hydrogen-bond donors (Lipinski definition) is 2. The first-order valence-corrected chi connectivity index (χ1v) is 3.66. The Morgan fingerprint density at radius 3 is 2.67 bits per heavy atom. The van der Waals surface area contributed by atoms with Crippen LogP contribution < -0.4 is 5.32 Å². The quantitative estimate of drug-likeness (QED) is 0.455. The van der Waals surface area contributed by atoms with Gasteiger partial charge in [-0.25, -0.2) is 0 Å². The Bertz CT molecular complexity index is 93.1. The maximum atomic E-state index is 10.7. The lowest BCUT2D eigenvalue weighted by atomic mass is 10.3. The minimum atomic E-state index is -0.0240. The predicted octanol–water partition coefficient (Wildman–Crippen LogP) is 1.18. The van der Waals surface area contributed by atoms with Crippen molar-refractivity contribution in [1.82, 2.24) is 5.32 Å². The molecule has 0 aliphatic heterocycles. The fourth-order valence-electron chi connectivity index (χ4n) is 0.532. The largest absolute Gasteiger partial charge is 0.345 e. The molecule has 0 spiro atoms. The number of rotatable bonds is 3. The summed E-state index contributed by atoms with van der Waals surface area (Å²) < 4.78 is 0. The van der Waals surface area contributed by atoms with Gasteiger partial charge in [0.05, 0.1) is 5.37 Å². The van der Waals surface area contributed by atoms with Crippen LogP contribution in [0.25, 0.3) is 0 Å². The maximum absolute atomic E-state index is 10.7.